The van der Waals surface area contributed by atoms with Gasteiger partial charge in [0.1, 0.15) is 5.76 Å². The van der Waals surface area contributed by atoms with Gasteiger partial charge in [0.25, 0.3) is 0 Å². The Bertz CT molecular complexity index is 220. The highest BCUT2D eigenvalue weighted by Gasteiger charge is 2.10. The second kappa shape index (κ2) is 3.55. The van der Waals surface area contributed by atoms with Crippen LogP contribution >= 0.6 is 0 Å². The minimum atomic E-state index is -0.459. The molecule has 1 heterocycles. The molecular weight excluding hydrogens is 142 g/mol. The second-order valence-electron chi connectivity index (χ2n) is 2.51. The lowest BCUT2D eigenvalue weighted by atomic mass is 10.1. The Kier molecular flexibility index (Phi) is 2.68. The second-order valence-corrected chi connectivity index (χ2v) is 2.51. The molecule has 0 fully saturated rings. The molecule has 1 aromatic heterocycles. The minimum Gasteiger partial charge on any atom is -0.469 e. The SMILES string of the molecule is CNCC(O)c1ccoc1C. The number of nitrogens with one attached hydrogen (secondary N) is 1. The fraction of sp³-hybridized carbons (Fsp3) is 0.500. The molecule has 1 atom stereocenters. The van der Waals surface area contributed by atoms with E-state index in [2.05, 4.69) is 5.32 Å². The molecule has 0 amide bonds. The Morgan fingerprint density at radius 3 is 2.91 bits per heavy atom. The molecule has 1 unspecified atom stereocenters. The van der Waals surface area contributed by atoms with Crippen LogP contribution in [0.3, 0.4) is 0 Å². The third-order valence-corrected chi connectivity index (χ3v) is 1.66. The van der Waals surface area contributed by atoms with Crippen LogP contribution in [0.25, 0.3) is 0 Å². The van der Waals surface area contributed by atoms with Crippen LogP contribution in [0.5, 0.6) is 0 Å². The molecule has 1 aromatic rings. The third-order valence-electron chi connectivity index (χ3n) is 1.66. The molecule has 3 heteroatoms. The van der Waals surface area contributed by atoms with Gasteiger partial charge in [-0.05, 0) is 20.0 Å². The van der Waals surface area contributed by atoms with Crippen molar-refractivity contribution in [2.24, 2.45) is 0 Å². The first-order valence-corrected chi connectivity index (χ1v) is 3.62. The van der Waals surface area contributed by atoms with Gasteiger partial charge in [0.2, 0.25) is 0 Å². The van der Waals surface area contributed by atoms with Crippen LogP contribution < -0.4 is 5.32 Å². The molecule has 1 rings (SSSR count). The van der Waals surface area contributed by atoms with E-state index in [1.807, 2.05) is 6.92 Å². The number of aliphatic hydroxyl groups is 1. The van der Waals surface area contributed by atoms with Crippen molar-refractivity contribution in [2.75, 3.05) is 13.6 Å². The Hall–Kier alpha value is -0.800. The van der Waals surface area contributed by atoms with Crippen molar-refractivity contribution in [2.45, 2.75) is 13.0 Å². The Morgan fingerprint density at radius 1 is 1.73 bits per heavy atom. The molecule has 62 valence electrons. The highest BCUT2D eigenvalue weighted by molar-refractivity contribution is 5.18. The van der Waals surface area contributed by atoms with Gasteiger partial charge in [-0.3, -0.25) is 0 Å². The first kappa shape index (κ1) is 8.30. The number of likely N-dealkylation sites (N-methyl/N-ethyl adjacent to an activating group) is 1. The van der Waals surface area contributed by atoms with E-state index in [9.17, 15) is 5.11 Å². The zero-order chi connectivity index (χ0) is 8.27. The van der Waals surface area contributed by atoms with E-state index in [0.29, 0.717) is 6.54 Å². The lowest BCUT2D eigenvalue weighted by Crippen LogP contribution is -2.16. The highest BCUT2D eigenvalue weighted by atomic mass is 16.3. The van der Waals surface area contributed by atoms with E-state index in [-0.39, 0.29) is 0 Å². The van der Waals surface area contributed by atoms with Crippen molar-refractivity contribution < 1.29 is 9.52 Å². The van der Waals surface area contributed by atoms with Crippen LogP contribution in [0.2, 0.25) is 0 Å². The predicted octanol–water partition coefficient (Wildman–Crippen LogP) is 0.841. The first-order valence-electron chi connectivity index (χ1n) is 3.62. The molecule has 0 saturated heterocycles. The number of furan rings is 1. The third kappa shape index (κ3) is 1.82. The fourth-order valence-corrected chi connectivity index (χ4v) is 1.04. The molecule has 0 aliphatic heterocycles. The van der Waals surface area contributed by atoms with Crippen molar-refractivity contribution in [3.8, 4) is 0 Å². The van der Waals surface area contributed by atoms with Gasteiger partial charge in [0.05, 0.1) is 12.4 Å². The van der Waals surface area contributed by atoms with Crippen LogP contribution in [-0.2, 0) is 0 Å². The Labute approximate surface area is 66.0 Å². The van der Waals surface area contributed by atoms with E-state index in [0.717, 1.165) is 11.3 Å². The van der Waals surface area contributed by atoms with Gasteiger partial charge in [-0.25, -0.2) is 0 Å². The average Bonchev–Trinajstić information content (AvgIpc) is 2.36. The lowest BCUT2D eigenvalue weighted by Gasteiger charge is -2.07. The van der Waals surface area contributed by atoms with Gasteiger partial charge < -0.3 is 14.8 Å². The average molecular weight is 155 g/mol. The molecule has 2 N–H and O–H groups in total. The summed E-state index contributed by atoms with van der Waals surface area (Å²) in [6.45, 7) is 2.40. The van der Waals surface area contributed by atoms with E-state index >= 15 is 0 Å². The lowest BCUT2D eigenvalue weighted by molar-refractivity contribution is 0.176. The van der Waals surface area contributed by atoms with Crippen molar-refractivity contribution >= 4 is 0 Å². The standard InChI is InChI=1S/C8H13NO2/c1-6-7(3-4-11-6)8(10)5-9-2/h3-4,8-10H,5H2,1-2H3. The molecule has 0 bridgehead atoms. The van der Waals surface area contributed by atoms with Crippen LogP contribution in [0.1, 0.15) is 17.4 Å². The van der Waals surface area contributed by atoms with Gasteiger partial charge in [0.15, 0.2) is 0 Å². The molecular formula is C8H13NO2. The maximum Gasteiger partial charge on any atom is 0.106 e. The van der Waals surface area contributed by atoms with E-state index in [1.54, 1.807) is 19.4 Å². The monoisotopic (exact) mass is 155 g/mol. The number of rotatable bonds is 3. The van der Waals surface area contributed by atoms with Crippen molar-refractivity contribution in [3.63, 3.8) is 0 Å². The summed E-state index contributed by atoms with van der Waals surface area (Å²) in [5, 5.41) is 12.4. The van der Waals surface area contributed by atoms with Crippen LogP contribution in [0.15, 0.2) is 16.7 Å². The number of hydrogen-bond acceptors (Lipinski definition) is 3. The molecule has 0 aliphatic rings. The van der Waals surface area contributed by atoms with Gasteiger partial charge in [-0.2, -0.15) is 0 Å². The topological polar surface area (TPSA) is 45.4 Å². The summed E-state index contributed by atoms with van der Waals surface area (Å²) < 4.78 is 5.04. The van der Waals surface area contributed by atoms with E-state index in [4.69, 9.17) is 4.42 Å². The van der Waals surface area contributed by atoms with Gasteiger partial charge in [0, 0.05) is 12.1 Å². The molecule has 0 saturated carbocycles. The van der Waals surface area contributed by atoms with Gasteiger partial charge >= 0.3 is 0 Å². The van der Waals surface area contributed by atoms with E-state index < -0.39 is 6.10 Å². The van der Waals surface area contributed by atoms with Crippen molar-refractivity contribution in [3.05, 3.63) is 23.7 Å². The van der Waals surface area contributed by atoms with Crippen LogP contribution in [0, 0.1) is 6.92 Å². The highest BCUT2D eigenvalue weighted by Crippen LogP contribution is 2.17. The normalized spacial score (nSPS) is 13.4. The number of aryl methyl sites for hydroxylation is 1. The molecule has 0 spiro atoms. The molecule has 0 aromatic carbocycles. The summed E-state index contributed by atoms with van der Waals surface area (Å²) in [5.41, 5.74) is 0.861. The van der Waals surface area contributed by atoms with Gasteiger partial charge in [-0.1, -0.05) is 0 Å². The summed E-state index contributed by atoms with van der Waals surface area (Å²) in [6, 6.07) is 1.79. The predicted molar refractivity (Wildman–Crippen MR) is 42.3 cm³/mol. The first-order chi connectivity index (χ1) is 5.25. The molecule has 11 heavy (non-hydrogen) atoms. The zero-order valence-electron chi connectivity index (χ0n) is 6.79. The van der Waals surface area contributed by atoms with Crippen molar-refractivity contribution in [1.29, 1.82) is 0 Å². The maximum absolute atomic E-state index is 9.47. The fourth-order valence-electron chi connectivity index (χ4n) is 1.04. The minimum absolute atomic E-state index is 0.459. The summed E-state index contributed by atoms with van der Waals surface area (Å²) in [4.78, 5) is 0. The summed E-state index contributed by atoms with van der Waals surface area (Å²) in [7, 11) is 1.80. The number of aliphatic hydroxyl groups excluding tert-OH is 1. The summed E-state index contributed by atoms with van der Waals surface area (Å²) in [5.74, 6) is 0.785. The zero-order valence-corrected chi connectivity index (χ0v) is 6.79. The van der Waals surface area contributed by atoms with Gasteiger partial charge in [-0.15, -0.1) is 0 Å². The molecule has 0 radical (unpaired) electrons. The van der Waals surface area contributed by atoms with E-state index in [1.165, 1.54) is 0 Å². The molecule has 0 aliphatic carbocycles. The Morgan fingerprint density at radius 2 is 2.45 bits per heavy atom. The van der Waals surface area contributed by atoms with Crippen molar-refractivity contribution in [1.82, 2.24) is 5.32 Å². The maximum atomic E-state index is 9.47. The molecule has 3 nitrogen and oxygen atoms in total. The Balaban J connectivity index is 2.67. The van der Waals surface area contributed by atoms with Crippen LogP contribution in [0.4, 0.5) is 0 Å². The largest absolute Gasteiger partial charge is 0.469 e. The quantitative estimate of drug-likeness (QED) is 0.680. The summed E-state index contributed by atoms with van der Waals surface area (Å²) in [6.07, 6.45) is 1.13. The van der Waals surface area contributed by atoms with Crippen LogP contribution in [-0.4, -0.2) is 18.7 Å². The number of hydrogen-bond donors (Lipinski definition) is 2. The summed E-state index contributed by atoms with van der Waals surface area (Å²) >= 11 is 0. The smallest absolute Gasteiger partial charge is 0.106 e.